The van der Waals surface area contributed by atoms with Gasteiger partial charge in [-0.1, -0.05) is 280 Å². The van der Waals surface area contributed by atoms with Crippen molar-refractivity contribution in [3.63, 3.8) is 0 Å². The second-order valence-corrected chi connectivity index (χ2v) is 18.8. The number of hydrogen-bond donors (Lipinski definition) is 3. The molecule has 0 aliphatic heterocycles. The van der Waals surface area contributed by atoms with Crippen molar-refractivity contribution in [1.29, 1.82) is 0 Å². The first-order chi connectivity index (χ1) is 32.0. The highest BCUT2D eigenvalue weighted by molar-refractivity contribution is 5.77. The molecule has 0 aromatic heterocycles. The van der Waals surface area contributed by atoms with Crippen molar-refractivity contribution in [3.05, 3.63) is 72.9 Å². The molecule has 3 atom stereocenters. The molecule has 0 aromatic rings. The Morgan fingerprint density at radius 2 is 0.831 bits per heavy atom. The van der Waals surface area contributed by atoms with E-state index >= 15 is 0 Å². The van der Waals surface area contributed by atoms with Gasteiger partial charge in [-0.3, -0.25) is 9.59 Å². The second-order valence-electron chi connectivity index (χ2n) is 18.8. The van der Waals surface area contributed by atoms with E-state index in [0.29, 0.717) is 19.3 Å². The van der Waals surface area contributed by atoms with E-state index in [2.05, 4.69) is 50.4 Å². The highest BCUT2D eigenvalue weighted by atomic mass is 16.5. The summed E-state index contributed by atoms with van der Waals surface area (Å²) < 4.78 is 5.93. The molecular formula is C59H105NO5. The maximum absolute atomic E-state index is 13.2. The van der Waals surface area contributed by atoms with E-state index in [4.69, 9.17) is 4.74 Å². The van der Waals surface area contributed by atoms with Gasteiger partial charge in [0.1, 0.15) is 6.10 Å². The highest BCUT2D eigenvalue weighted by Crippen LogP contribution is 2.18. The van der Waals surface area contributed by atoms with Crippen molar-refractivity contribution in [2.45, 2.75) is 283 Å². The van der Waals surface area contributed by atoms with Crippen LogP contribution >= 0.6 is 0 Å². The standard InChI is InChI=1S/C59H105NO5/c1-4-7-10-13-16-19-22-25-27-29-31-34-37-40-43-46-49-52-59(64)65-55(50-47-44-41-38-35-32-24-21-18-15-12-9-6-3)53-58(63)60-56(54-61)57(62)51-48-45-42-39-36-33-30-28-26-23-20-17-14-11-8-5-2/h7,10,13,16,19,22,25,27,29,31,34,37,55-57,61-62H,4-6,8-9,11-12,14-15,17-18,20-21,23-24,26,28,30,32-33,35-36,38-54H2,1-3H3,(H,60,63)/b10-7-,16-13+,22-19+,27-25-,31-29+,37-34+. The number of amides is 1. The maximum atomic E-state index is 13.2. The molecule has 0 aliphatic carbocycles. The smallest absolute Gasteiger partial charge is 0.306 e. The van der Waals surface area contributed by atoms with Gasteiger partial charge in [-0.2, -0.15) is 0 Å². The number of ether oxygens (including phenoxy) is 1. The molecule has 6 nitrogen and oxygen atoms in total. The Kier molecular flexibility index (Phi) is 50.1. The first-order valence-electron chi connectivity index (χ1n) is 27.7. The Hall–Kier alpha value is -2.70. The predicted molar refractivity (Wildman–Crippen MR) is 282 cm³/mol. The van der Waals surface area contributed by atoms with E-state index in [-0.39, 0.29) is 24.9 Å². The molecule has 0 rings (SSSR count). The fourth-order valence-electron chi connectivity index (χ4n) is 8.29. The van der Waals surface area contributed by atoms with E-state index in [1.165, 1.54) is 148 Å². The van der Waals surface area contributed by atoms with Gasteiger partial charge in [0.25, 0.3) is 0 Å². The van der Waals surface area contributed by atoms with Gasteiger partial charge in [0, 0.05) is 6.42 Å². The third-order valence-electron chi connectivity index (χ3n) is 12.5. The Morgan fingerprint density at radius 3 is 1.25 bits per heavy atom. The number of esters is 1. The lowest BCUT2D eigenvalue weighted by Crippen LogP contribution is -2.46. The first kappa shape index (κ1) is 62.3. The summed E-state index contributed by atoms with van der Waals surface area (Å²) in [6.07, 6.45) is 66.7. The first-order valence-corrected chi connectivity index (χ1v) is 27.7. The van der Waals surface area contributed by atoms with Crippen molar-refractivity contribution in [1.82, 2.24) is 5.32 Å². The van der Waals surface area contributed by atoms with Crippen LogP contribution in [0.2, 0.25) is 0 Å². The van der Waals surface area contributed by atoms with Crippen LogP contribution in [-0.2, 0) is 14.3 Å². The molecule has 0 saturated heterocycles. The number of carbonyl (C=O) groups excluding carboxylic acids is 2. The van der Waals surface area contributed by atoms with Crippen molar-refractivity contribution in [2.75, 3.05) is 6.61 Å². The summed E-state index contributed by atoms with van der Waals surface area (Å²) in [6, 6.07) is -0.713. The molecule has 3 unspecified atom stereocenters. The zero-order valence-electron chi connectivity index (χ0n) is 42.9. The fourth-order valence-corrected chi connectivity index (χ4v) is 8.29. The van der Waals surface area contributed by atoms with Crippen LogP contribution in [0.15, 0.2) is 72.9 Å². The summed E-state index contributed by atoms with van der Waals surface area (Å²) >= 11 is 0. The zero-order chi connectivity index (χ0) is 47.4. The lowest BCUT2D eigenvalue weighted by molar-refractivity contribution is -0.151. The van der Waals surface area contributed by atoms with Crippen molar-refractivity contribution in [2.24, 2.45) is 0 Å². The van der Waals surface area contributed by atoms with Crippen LogP contribution in [0.3, 0.4) is 0 Å². The van der Waals surface area contributed by atoms with Gasteiger partial charge in [0.05, 0.1) is 25.2 Å². The van der Waals surface area contributed by atoms with E-state index in [1.54, 1.807) is 0 Å². The summed E-state index contributed by atoms with van der Waals surface area (Å²) in [7, 11) is 0. The molecule has 0 radical (unpaired) electrons. The molecule has 0 heterocycles. The Labute approximate surface area is 402 Å². The number of rotatable bonds is 49. The summed E-state index contributed by atoms with van der Waals surface area (Å²) in [5, 5.41) is 23.9. The molecule has 0 saturated carbocycles. The minimum Gasteiger partial charge on any atom is -0.462 e. The lowest BCUT2D eigenvalue weighted by Gasteiger charge is -2.24. The number of nitrogens with one attached hydrogen (secondary N) is 1. The number of unbranched alkanes of at least 4 members (excludes halogenated alkanes) is 30. The number of hydrogen-bond acceptors (Lipinski definition) is 5. The van der Waals surface area contributed by atoms with Gasteiger partial charge < -0.3 is 20.3 Å². The van der Waals surface area contributed by atoms with Gasteiger partial charge >= 0.3 is 5.97 Å². The third kappa shape index (κ3) is 47.6. The molecule has 0 bridgehead atoms. The topological polar surface area (TPSA) is 95.9 Å². The molecule has 376 valence electrons. The fraction of sp³-hybridized carbons (Fsp3) is 0.763. The molecule has 1 amide bonds. The Bertz CT molecular complexity index is 1200. The summed E-state index contributed by atoms with van der Waals surface area (Å²) in [5.74, 6) is -0.519. The van der Waals surface area contributed by atoms with Crippen LogP contribution < -0.4 is 5.32 Å². The van der Waals surface area contributed by atoms with E-state index in [1.807, 2.05) is 48.6 Å². The van der Waals surface area contributed by atoms with Gasteiger partial charge in [0.15, 0.2) is 0 Å². The number of carbonyl (C=O) groups is 2. The SMILES string of the molecule is CC\C=C/C=C/C=C/C=C\C=C\C=C\CCCCCC(=O)OC(CCCCCCCCCCCCCCC)CC(=O)NC(CO)C(O)CCCCCCCCCCCCCCCCCC. The molecule has 0 aliphatic rings. The summed E-state index contributed by atoms with van der Waals surface area (Å²) in [5.41, 5.74) is 0. The maximum Gasteiger partial charge on any atom is 0.306 e. The zero-order valence-corrected chi connectivity index (χ0v) is 42.9. The monoisotopic (exact) mass is 908 g/mol. The molecule has 3 N–H and O–H groups in total. The number of aliphatic hydroxyl groups excluding tert-OH is 2. The van der Waals surface area contributed by atoms with Crippen molar-refractivity contribution >= 4 is 11.9 Å². The predicted octanol–water partition coefficient (Wildman–Crippen LogP) is 17.0. The number of aliphatic hydroxyl groups is 2. The van der Waals surface area contributed by atoms with E-state index in [0.717, 1.165) is 70.6 Å². The molecular weight excluding hydrogens is 803 g/mol. The van der Waals surface area contributed by atoms with Gasteiger partial charge in [-0.15, -0.1) is 0 Å². The van der Waals surface area contributed by atoms with Gasteiger partial charge in [-0.05, 0) is 44.9 Å². The Morgan fingerprint density at radius 1 is 0.462 bits per heavy atom. The summed E-state index contributed by atoms with van der Waals surface area (Å²) in [4.78, 5) is 26.2. The molecule has 0 spiro atoms. The van der Waals surface area contributed by atoms with Crippen LogP contribution in [0.4, 0.5) is 0 Å². The van der Waals surface area contributed by atoms with Crippen molar-refractivity contribution in [3.8, 4) is 0 Å². The van der Waals surface area contributed by atoms with Gasteiger partial charge in [0.2, 0.25) is 5.91 Å². The van der Waals surface area contributed by atoms with Crippen LogP contribution in [0.25, 0.3) is 0 Å². The Balaban J connectivity index is 4.61. The van der Waals surface area contributed by atoms with Crippen LogP contribution in [0.5, 0.6) is 0 Å². The van der Waals surface area contributed by atoms with Crippen LogP contribution in [0, 0.1) is 0 Å². The third-order valence-corrected chi connectivity index (χ3v) is 12.5. The molecule has 0 aromatic carbocycles. The summed E-state index contributed by atoms with van der Waals surface area (Å²) in [6.45, 7) is 6.35. The van der Waals surface area contributed by atoms with Crippen LogP contribution in [0.1, 0.15) is 265 Å². The van der Waals surface area contributed by atoms with E-state index in [9.17, 15) is 19.8 Å². The molecule has 0 fully saturated rings. The average molecular weight is 908 g/mol. The highest BCUT2D eigenvalue weighted by Gasteiger charge is 2.24. The largest absolute Gasteiger partial charge is 0.462 e. The minimum absolute atomic E-state index is 0.0593. The minimum atomic E-state index is -0.798. The molecule has 6 heteroatoms. The van der Waals surface area contributed by atoms with Gasteiger partial charge in [-0.25, -0.2) is 0 Å². The van der Waals surface area contributed by atoms with Crippen molar-refractivity contribution < 1.29 is 24.5 Å². The number of allylic oxidation sites excluding steroid dienone is 12. The average Bonchev–Trinajstić information content (AvgIpc) is 3.30. The normalized spacial score (nSPS) is 13.7. The second kappa shape index (κ2) is 52.3. The molecule has 65 heavy (non-hydrogen) atoms. The quantitative estimate of drug-likeness (QED) is 0.0321. The van der Waals surface area contributed by atoms with E-state index < -0.39 is 18.2 Å². The lowest BCUT2D eigenvalue weighted by atomic mass is 10.0. The van der Waals surface area contributed by atoms with Crippen LogP contribution in [-0.4, -0.2) is 46.9 Å².